The first kappa shape index (κ1) is 29.6. The molecule has 0 aliphatic heterocycles. The number of hydrogen-bond donors (Lipinski definition) is 2. The van der Waals surface area contributed by atoms with Gasteiger partial charge in [-0.25, -0.2) is 0 Å². The Bertz CT molecular complexity index is 1580. The van der Waals surface area contributed by atoms with Crippen LogP contribution in [0, 0.1) is 18.3 Å². The summed E-state index contributed by atoms with van der Waals surface area (Å²) in [6, 6.07) is 14.9. The van der Waals surface area contributed by atoms with E-state index in [1.807, 2.05) is 45.0 Å². The van der Waals surface area contributed by atoms with Gasteiger partial charge >= 0.3 is 0 Å². The van der Waals surface area contributed by atoms with Gasteiger partial charge in [-0.2, -0.15) is 5.26 Å². The molecule has 0 aliphatic rings. The highest BCUT2D eigenvalue weighted by molar-refractivity contribution is 6.33. The Morgan fingerprint density at radius 3 is 2.66 bits per heavy atom. The second kappa shape index (κ2) is 13.8. The standard InChI is InChI=1S/C31H33ClN6O3/c1-5-40-29-16-26-23(15-27(29)36-30(39)9-7-13-38(3)4)31(21(17-33)18-35-26)37-25-11-10-22(14-24(25)32)41-19-28-20(2)8-6-12-34-28/h6,8,10-12,14-16,18H,5,7,9,13,19H2,1-4H3,(H,35,37)(H,36,39). The lowest BCUT2D eigenvalue weighted by atomic mass is 10.1. The molecule has 2 N–H and O–H groups in total. The zero-order valence-electron chi connectivity index (χ0n) is 23.6. The molecular weight excluding hydrogens is 540 g/mol. The van der Waals surface area contributed by atoms with Gasteiger partial charge in [0, 0.05) is 36.3 Å². The number of rotatable bonds is 12. The first-order chi connectivity index (χ1) is 19.8. The monoisotopic (exact) mass is 572 g/mol. The number of amides is 1. The van der Waals surface area contributed by atoms with E-state index in [0.29, 0.717) is 69.7 Å². The highest BCUT2D eigenvalue weighted by Crippen LogP contribution is 2.38. The maximum atomic E-state index is 12.7. The lowest BCUT2D eigenvalue weighted by Gasteiger charge is -2.17. The largest absolute Gasteiger partial charge is 0.492 e. The molecule has 0 saturated carbocycles. The van der Waals surface area contributed by atoms with E-state index in [4.69, 9.17) is 21.1 Å². The van der Waals surface area contributed by atoms with E-state index in [1.165, 1.54) is 6.20 Å². The second-order valence-electron chi connectivity index (χ2n) is 9.73. The number of aryl methyl sites for hydroxylation is 1. The molecule has 212 valence electrons. The number of nitriles is 1. The van der Waals surface area contributed by atoms with Crippen molar-refractivity contribution in [2.24, 2.45) is 0 Å². The van der Waals surface area contributed by atoms with Crippen molar-refractivity contribution in [3.05, 3.63) is 76.7 Å². The van der Waals surface area contributed by atoms with Crippen LogP contribution in [0.5, 0.6) is 11.5 Å². The van der Waals surface area contributed by atoms with Gasteiger partial charge < -0.3 is 25.0 Å². The summed E-state index contributed by atoms with van der Waals surface area (Å²) >= 11 is 6.64. The number of benzene rings is 2. The Hall–Kier alpha value is -4.39. The molecule has 2 heterocycles. The van der Waals surface area contributed by atoms with Crippen molar-refractivity contribution in [3.8, 4) is 17.6 Å². The third-order valence-electron chi connectivity index (χ3n) is 6.37. The Morgan fingerprint density at radius 2 is 1.95 bits per heavy atom. The number of nitrogens with one attached hydrogen (secondary N) is 2. The van der Waals surface area contributed by atoms with Gasteiger partial charge in [0.15, 0.2) is 0 Å². The minimum absolute atomic E-state index is 0.120. The van der Waals surface area contributed by atoms with E-state index in [-0.39, 0.29) is 5.91 Å². The van der Waals surface area contributed by atoms with Gasteiger partial charge in [0.05, 0.1) is 45.5 Å². The van der Waals surface area contributed by atoms with Gasteiger partial charge in [-0.1, -0.05) is 17.7 Å². The van der Waals surface area contributed by atoms with Gasteiger partial charge in [0.2, 0.25) is 5.91 Å². The molecule has 0 aliphatic carbocycles. The summed E-state index contributed by atoms with van der Waals surface area (Å²) in [5.74, 6) is 0.976. The van der Waals surface area contributed by atoms with E-state index in [2.05, 4.69) is 26.7 Å². The number of anilines is 3. The maximum absolute atomic E-state index is 12.7. The van der Waals surface area contributed by atoms with Crippen LogP contribution in [0.3, 0.4) is 0 Å². The average Bonchev–Trinajstić information content (AvgIpc) is 2.94. The lowest BCUT2D eigenvalue weighted by molar-refractivity contribution is -0.116. The third-order valence-corrected chi connectivity index (χ3v) is 6.68. The maximum Gasteiger partial charge on any atom is 0.224 e. The smallest absolute Gasteiger partial charge is 0.224 e. The van der Waals surface area contributed by atoms with E-state index in [9.17, 15) is 10.1 Å². The van der Waals surface area contributed by atoms with Crippen molar-refractivity contribution >= 4 is 45.5 Å². The second-order valence-corrected chi connectivity index (χ2v) is 10.1. The molecule has 4 aromatic rings. The van der Waals surface area contributed by atoms with Crippen LogP contribution in [-0.4, -0.2) is 48.0 Å². The van der Waals surface area contributed by atoms with Crippen LogP contribution in [-0.2, 0) is 11.4 Å². The predicted octanol–water partition coefficient (Wildman–Crippen LogP) is 6.46. The summed E-state index contributed by atoms with van der Waals surface area (Å²) in [5, 5.41) is 17.2. The first-order valence-corrected chi connectivity index (χ1v) is 13.7. The number of carbonyl (C=O) groups excluding carboxylic acids is 1. The molecule has 0 spiro atoms. The van der Waals surface area contributed by atoms with Crippen molar-refractivity contribution in [1.29, 1.82) is 5.26 Å². The summed E-state index contributed by atoms with van der Waals surface area (Å²) < 4.78 is 11.7. The number of fused-ring (bicyclic) bond motifs is 1. The normalized spacial score (nSPS) is 10.9. The Morgan fingerprint density at radius 1 is 1.12 bits per heavy atom. The molecule has 10 heteroatoms. The van der Waals surface area contributed by atoms with Crippen LogP contribution in [0.25, 0.3) is 10.9 Å². The highest BCUT2D eigenvalue weighted by Gasteiger charge is 2.17. The van der Waals surface area contributed by atoms with Gasteiger partial charge in [-0.15, -0.1) is 0 Å². The minimum Gasteiger partial charge on any atom is -0.492 e. The minimum atomic E-state index is -0.120. The van der Waals surface area contributed by atoms with Crippen LogP contribution in [0.4, 0.5) is 17.1 Å². The van der Waals surface area contributed by atoms with Crippen molar-refractivity contribution in [1.82, 2.24) is 14.9 Å². The van der Waals surface area contributed by atoms with Gasteiger partial charge in [0.25, 0.3) is 0 Å². The molecule has 2 aromatic carbocycles. The summed E-state index contributed by atoms with van der Waals surface area (Å²) in [6.07, 6.45) is 4.33. The van der Waals surface area contributed by atoms with Crippen molar-refractivity contribution in [2.75, 3.05) is 37.9 Å². The molecule has 2 aromatic heterocycles. The van der Waals surface area contributed by atoms with E-state index in [1.54, 1.807) is 36.5 Å². The Kier molecular flexibility index (Phi) is 9.95. The topological polar surface area (TPSA) is 112 Å². The van der Waals surface area contributed by atoms with Gasteiger partial charge in [-0.3, -0.25) is 14.8 Å². The zero-order valence-corrected chi connectivity index (χ0v) is 24.4. The first-order valence-electron chi connectivity index (χ1n) is 13.3. The van der Waals surface area contributed by atoms with Crippen LogP contribution in [0.2, 0.25) is 5.02 Å². The molecule has 9 nitrogen and oxygen atoms in total. The molecule has 0 unspecified atom stereocenters. The highest BCUT2D eigenvalue weighted by atomic mass is 35.5. The van der Waals surface area contributed by atoms with Gasteiger partial charge in [0.1, 0.15) is 24.2 Å². The van der Waals surface area contributed by atoms with E-state index in [0.717, 1.165) is 24.2 Å². The number of hydrogen-bond acceptors (Lipinski definition) is 8. The molecular formula is C31H33ClN6O3. The summed E-state index contributed by atoms with van der Waals surface area (Å²) in [5.41, 5.74) is 4.42. The lowest BCUT2D eigenvalue weighted by Crippen LogP contribution is -2.17. The van der Waals surface area contributed by atoms with Crippen LogP contribution < -0.4 is 20.1 Å². The SMILES string of the molecule is CCOc1cc2ncc(C#N)c(Nc3ccc(OCc4ncccc4C)cc3Cl)c2cc1NC(=O)CCCN(C)C. The zero-order chi connectivity index (χ0) is 29.4. The van der Waals surface area contributed by atoms with Crippen LogP contribution in [0.1, 0.15) is 36.6 Å². The molecule has 0 radical (unpaired) electrons. The van der Waals surface area contributed by atoms with Gasteiger partial charge in [-0.05, 0) is 70.7 Å². The number of carbonyl (C=O) groups is 1. The molecule has 0 bridgehead atoms. The van der Waals surface area contributed by atoms with Crippen molar-refractivity contribution in [3.63, 3.8) is 0 Å². The number of nitrogens with zero attached hydrogens (tertiary/aromatic N) is 4. The molecule has 41 heavy (non-hydrogen) atoms. The van der Waals surface area contributed by atoms with Crippen LogP contribution >= 0.6 is 11.6 Å². The number of aromatic nitrogens is 2. The summed E-state index contributed by atoms with van der Waals surface area (Å²) in [6.45, 7) is 5.39. The molecule has 1 amide bonds. The number of halogens is 1. The fraction of sp³-hybridized carbons (Fsp3) is 0.290. The average molecular weight is 573 g/mol. The van der Waals surface area contributed by atoms with Crippen LogP contribution in [0.15, 0.2) is 54.9 Å². The summed E-state index contributed by atoms with van der Waals surface area (Å²) in [7, 11) is 3.94. The molecule has 0 atom stereocenters. The molecule has 0 fully saturated rings. The fourth-order valence-electron chi connectivity index (χ4n) is 4.22. The molecule has 4 rings (SSSR count). The summed E-state index contributed by atoms with van der Waals surface area (Å²) in [4.78, 5) is 23.6. The Labute approximate surface area is 245 Å². The molecule has 0 saturated heterocycles. The number of pyridine rings is 2. The van der Waals surface area contributed by atoms with Crippen molar-refractivity contribution in [2.45, 2.75) is 33.3 Å². The Balaban J connectivity index is 1.62. The van der Waals surface area contributed by atoms with E-state index < -0.39 is 0 Å². The number of ether oxygens (including phenoxy) is 2. The van der Waals surface area contributed by atoms with Crippen molar-refractivity contribution < 1.29 is 14.3 Å². The predicted molar refractivity (Wildman–Crippen MR) is 162 cm³/mol. The third kappa shape index (κ3) is 7.63. The quantitative estimate of drug-likeness (QED) is 0.199. The fourth-order valence-corrected chi connectivity index (χ4v) is 4.44. The van der Waals surface area contributed by atoms with E-state index >= 15 is 0 Å².